The summed E-state index contributed by atoms with van der Waals surface area (Å²) in [6.07, 6.45) is -1.01. The van der Waals surface area contributed by atoms with Crippen LogP contribution in [0.2, 0.25) is 0 Å². The van der Waals surface area contributed by atoms with Gasteiger partial charge in [-0.1, -0.05) is 60.7 Å². The number of primary amides is 1. The number of hydrogen-bond donors (Lipinski definition) is 7. The molecule has 330 valence electrons. The van der Waals surface area contributed by atoms with Crippen molar-refractivity contribution in [3.63, 3.8) is 0 Å². The van der Waals surface area contributed by atoms with Crippen LogP contribution in [0.15, 0.2) is 72.8 Å². The van der Waals surface area contributed by atoms with Crippen LogP contribution in [0.25, 0.3) is 11.1 Å². The van der Waals surface area contributed by atoms with Crippen molar-refractivity contribution in [1.82, 2.24) is 21.3 Å². The number of fused-ring (bicyclic) bond motifs is 3. The Hall–Kier alpha value is -5.92. The fraction of sp³-hybridized carbons (Fsp3) is 0.442. The first kappa shape index (κ1) is 47.8. The summed E-state index contributed by atoms with van der Waals surface area (Å²) in [4.78, 5) is 74.4. The van der Waals surface area contributed by atoms with Crippen molar-refractivity contribution in [1.29, 1.82) is 0 Å². The molecule has 0 radical (unpaired) electrons. The van der Waals surface area contributed by atoms with Crippen LogP contribution in [0.3, 0.4) is 0 Å². The van der Waals surface area contributed by atoms with Crippen molar-refractivity contribution in [2.24, 2.45) is 5.73 Å². The van der Waals surface area contributed by atoms with E-state index in [0.29, 0.717) is 50.8 Å². The standard InChI is InChI=1S/C43H56N6O12/c1-28(40(53)47-29(2)41(54)49-37(25-38(44)51)42(55)48-31-13-11-30(26-50)12-14-31)46-39(52)15-17-57-19-21-59-23-24-60-22-20-58-18-16-45-43(56)61-27-36-34-9-5-3-7-32(34)33-8-4-6-10-35(33)36/h3-14,28-29,36-37,50H,15-27H2,1-2H3,(H2,44,51)(H,45,56)(H,46,52)(H,47,53)(H,48,55)(H,49,54)/t28-,29-,37-/m0/s1. The number of nitrogens with one attached hydrogen (secondary N) is 5. The highest BCUT2D eigenvalue weighted by molar-refractivity contribution is 6.00. The van der Waals surface area contributed by atoms with Crippen molar-refractivity contribution >= 4 is 41.3 Å². The lowest BCUT2D eigenvalue weighted by atomic mass is 9.98. The van der Waals surface area contributed by atoms with E-state index in [1.807, 2.05) is 24.3 Å². The molecule has 18 nitrogen and oxygen atoms in total. The van der Waals surface area contributed by atoms with Gasteiger partial charge in [0.25, 0.3) is 0 Å². The van der Waals surface area contributed by atoms with E-state index in [1.165, 1.54) is 25.0 Å². The summed E-state index contributed by atoms with van der Waals surface area (Å²) in [5.41, 5.74) is 10.9. The maximum atomic E-state index is 12.8. The highest BCUT2D eigenvalue weighted by Gasteiger charge is 2.30. The molecule has 4 rings (SSSR count). The molecule has 0 spiro atoms. The number of carbonyl (C=O) groups is 6. The Morgan fingerprint density at radius 3 is 1.75 bits per heavy atom. The molecule has 0 saturated carbocycles. The number of carbonyl (C=O) groups excluding carboxylic acids is 6. The number of amides is 6. The Labute approximate surface area is 354 Å². The van der Waals surface area contributed by atoms with Crippen LogP contribution in [0.4, 0.5) is 10.5 Å². The number of benzene rings is 3. The summed E-state index contributed by atoms with van der Waals surface area (Å²) in [5.74, 6) is -3.40. The van der Waals surface area contributed by atoms with Crippen molar-refractivity contribution in [3.8, 4) is 11.1 Å². The van der Waals surface area contributed by atoms with E-state index in [-0.39, 0.29) is 45.4 Å². The molecule has 18 heteroatoms. The predicted molar refractivity (Wildman–Crippen MR) is 223 cm³/mol. The van der Waals surface area contributed by atoms with E-state index in [1.54, 1.807) is 24.3 Å². The number of ether oxygens (including phenoxy) is 5. The summed E-state index contributed by atoms with van der Waals surface area (Å²) in [6, 6.07) is 19.2. The van der Waals surface area contributed by atoms with E-state index in [0.717, 1.165) is 11.1 Å². The molecule has 0 aliphatic heterocycles. The minimum Gasteiger partial charge on any atom is -0.449 e. The zero-order chi connectivity index (χ0) is 44.0. The summed E-state index contributed by atoms with van der Waals surface area (Å²) in [7, 11) is 0. The third-order valence-corrected chi connectivity index (χ3v) is 9.41. The van der Waals surface area contributed by atoms with Gasteiger partial charge in [-0.3, -0.25) is 24.0 Å². The van der Waals surface area contributed by atoms with E-state index < -0.39 is 60.2 Å². The number of alkyl carbamates (subject to hydrolysis) is 1. The molecule has 1 aliphatic rings. The Balaban J connectivity index is 0.955. The number of nitrogens with two attached hydrogens (primary N) is 1. The molecular weight excluding hydrogens is 793 g/mol. The Morgan fingerprint density at radius 1 is 0.656 bits per heavy atom. The molecule has 0 aromatic heterocycles. The predicted octanol–water partition coefficient (Wildman–Crippen LogP) is 1.48. The third kappa shape index (κ3) is 16.2. The van der Waals surface area contributed by atoms with Crippen LogP contribution in [-0.4, -0.2) is 125 Å². The van der Waals surface area contributed by atoms with Gasteiger partial charge in [-0.15, -0.1) is 0 Å². The average molecular weight is 849 g/mol. The number of anilines is 1. The molecule has 3 atom stereocenters. The monoisotopic (exact) mass is 848 g/mol. The number of rotatable bonds is 27. The maximum absolute atomic E-state index is 12.8. The van der Waals surface area contributed by atoms with Crippen molar-refractivity contribution in [2.45, 2.75) is 57.3 Å². The van der Waals surface area contributed by atoms with Gasteiger partial charge in [-0.25, -0.2) is 4.79 Å². The first-order chi connectivity index (χ1) is 29.5. The minimum absolute atomic E-state index is 0.00377. The Morgan fingerprint density at radius 2 is 1.18 bits per heavy atom. The molecule has 61 heavy (non-hydrogen) atoms. The van der Waals surface area contributed by atoms with E-state index >= 15 is 0 Å². The van der Waals surface area contributed by atoms with Gasteiger partial charge >= 0.3 is 6.09 Å². The zero-order valence-electron chi connectivity index (χ0n) is 34.4. The molecule has 0 fully saturated rings. The molecule has 3 aromatic rings. The van der Waals surface area contributed by atoms with Gasteiger partial charge in [0.15, 0.2) is 0 Å². The summed E-state index contributed by atoms with van der Waals surface area (Å²) in [5, 5.41) is 21.9. The second-order valence-electron chi connectivity index (χ2n) is 14.0. The van der Waals surface area contributed by atoms with Gasteiger partial charge in [0.2, 0.25) is 29.5 Å². The van der Waals surface area contributed by atoms with Crippen LogP contribution >= 0.6 is 0 Å². The second kappa shape index (κ2) is 25.6. The summed E-state index contributed by atoms with van der Waals surface area (Å²) >= 11 is 0. The molecule has 1 aliphatic carbocycles. The number of aliphatic hydroxyl groups is 1. The Kier molecular flexibility index (Phi) is 20.1. The van der Waals surface area contributed by atoms with E-state index in [9.17, 15) is 33.9 Å². The highest BCUT2D eigenvalue weighted by atomic mass is 16.6. The van der Waals surface area contributed by atoms with Gasteiger partial charge in [-0.05, 0) is 53.8 Å². The summed E-state index contributed by atoms with van der Waals surface area (Å²) in [6.45, 7) is 5.46. The maximum Gasteiger partial charge on any atom is 0.407 e. The fourth-order valence-electron chi connectivity index (χ4n) is 6.21. The molecule has 0 bridgehead atoms. The van der Waals surface area contributed by atoms with E-state index in [2.05, 4.69) is 50.8 Å². The number of aliphatic hydroxyl groups excluding tert-OH is 1. The van der Waals surface area contributed by atoms with Gasteiger partial charge in [0.05, 0.1) is 65.9 Å². The average Bonchev–Trinajstić information content (AvgIpc) is 3.57. The van der Waals surface area contributed by atoms with Crippen LogP contribution < -0.4 is 32.3 Å². The van der Waals surface area contributed by atoms with Gasteiger partial charge in [0.1, 0.15) is 24.7 Å². The Bertz CT molecular complexity index is 1870. The van der Waals surface area contributed by atoms with Crippen LogP contribution in [0.5, 0.6) is 0 Å². The van der Waals surface area contributed by atoms with Gasteiger partial charge in [0, 0.05) is 24.6 Å². The molecule has 0 heterocycles. The molecule has 0 unspecified atom stereocenters. The first-order valence-electron chi connectivity index (χ1n) is 20.1. The SMILES string of the molecule is C[C@H](NC(=O)CCOCCOCCOCCOCCNC(=O)OCC1c2ccccc2-c2ccccc21)C(=O)N[C@@H](C)C(=O)N[C@@H](CC(N)=O)C(=O)Nc1ccc(CO)cc1. The topological polar surface area (TPSA) is 255 Å². The molecular formula is C43H56N6O12. The van der Waals surface area contributed by atoms with E-state index in [4.69, 9.17) is 29.4 Å². The van der Waals surface area contributed by atoms with Gasteiger partial charge < -0.3 is 61.1 Å². The molecule has 0 saturated heterocycles. The third-order valence-electron chi connectivity index (χ3n) is 9.41. The zero-order valence-corrected chi connectivity index (χ0v) is 34.4. The smallest absolute Gasteiger partial charge is 0.407 e. The molecule has 6 amide bonds. The quantitative estimate of drug-likeness (QED) is 0.0539. The molecule has 8 N–H and O–H groups in total. The van der Waals surface area contributed by atoms with Crippen LogP contribution in [0, 0.1) is 0 Å². The van der Waals surface area contributed by atoms with Gasteiger partial charge in [-0.2, -0.15) is 0 Å². The van der Waals surface area contributed by atoms with Crippen molar-refractivity contribution < 1.29 is 57.6 Å². The first-order valence-corrected chi connectivity index (χ1v) is 20.1. The van der Waals surface area contributed by atoms with Crippen LogP contribution in [0.1, 0.15) is 49.3 Å². The molecule has 3 aromatic carbocycles. The second-order valence-corrected chi connectivity index (χ2v) is 14.0. The minimum atomic E-state index is -1.32. The number of hydrogen-bond acceptors (Lipinski definition) is 12. The lowest BCUT2D eigenvalue weighted by Crippen LogP contribution is -2.55. The normalized spacial score (nSPS) is 13.2. The van der Waals surface area contributed by atoms with Crippen LogP contribution in [-0.2, 0) is 54.3 Å². The summed E-state index contributed by atoms with van der Waals surface area (Å²) < 4.78 is 27.4. The van der Waals surface area contributed by atoms with Crippen molar-refractivity contribution in [2.75, 3.05) is 71.3 Å². The lowest BCUT2D eigenvalue weighted by Gasteiger charge is -2.22. The highest BCUT2D eigenvalue weighted by Crippen LogP contribution is 2.44. The van der Waals surface area contributed by atoms with Crippen molar-refractivity contribution in [3.05, 3.63) is 89.5 Å². The largest absolute Gasteiger partial charge is 0.449 e. The lowest BCUT2D eigenvalue weighted by molar-refractivity contribution is -0.133. The fourth-order valence-corrected chi connectivity index (χ4v) is 6.21.